The van der Waals surface area contributed by atoms with Crippen LogP contribution in [0, 0.1) is 6.92 Å². The van der Waals surface area contributed by atoms with Gasteiger partial charge in [-0.3, -0.25) is 0 Å². The number of aryl methyl sites for hydroxylation is 1. The molecule has 1 saturated heterocycles. The van der Waals surface area contributed by atoms with Crippen molar-refractivity contribution in [3.8, 4) is 0 Å². The van der Waals surface area contributed by atoms with E-state index in [-0.39, 0.29) is 10.1 Å². The van der Waals surface area contributed by atoms with Crippen LogP contribution in [0.5, 0.6) is 0 Å². The van der Waals surface area contributed by atoms with Gasteiger partial charge in [-0.1, -0.05) is 78.4 Å². The molecule has 0 aromatic heterocycles. The summed E-state index contributed by atoms with van der Waals surface area (Å²) < 4.78 is 29.7. The minimum Gasteiger partial charge on any atom is -0.208 e. The fourth-order valence-electron chi connectivity index (χ4n) is 4.25. The maximum Gasteiger partial charge on any atom is 0.240 e. The summed E-state index contributed by atoms with van der Waals surface area (Å²) in [5, 5.41) is 0. The van der Waals surface area contributed by atoms with Gasteiger partial charge in [-0.05, 0) is 67.4 Å². The average molecular weight is 498 g/mol. The lowest BCUT2D eigenvalue weighted by atomic mass is 9.99. The Labute approximate surface area is 206 Å². The Kier molecular flexibility index (Phi) is 8.23. The minimum absolute atomic E-state index is 0.0468. The molecule has 1 N–H and O–H groups in total. The lowest BCUT2D eigenvalue weighted by molar-refractivity contribution is 0.504. The highest BCUT2D eigenvalue weighted by atomic mass is 32.2. The SMILES string of the molecule is Cc1ccc(S(=O)(=O)N[C@@H](Cc2ccccc2)CC2(Cc3ccccc3)SCCCS2)cc1. The number of benzene rings is 3. The number of sulfonamides is 1. The zero-order valence-electron chi connectivity index (χ0n) is 18.9. The molecule has 33 heavy (non-hydrogen) atoms. The molecule has 0 radical (unpaired) electrons. The van der Waals surface area contributed by atoms with Crippen molar-refractivity contribution in [1.29, 1.82) is 0 Å². The minimum atomic E-state index is -3.62. The monoisotopic (exact) mass is 497 g/mol. The van der Waals surface area contributed by atoms with E-state index in [9.17, 15) is 8.42 Å². The largest absolute Gasteiger partial charge is 0.240 e. The average Bonchev–Trinajstić information content (AvgIpc) is 2.81. The maximum absolute atomic E-state index is 13.3. The first kappa shape index (κ1) is 24.4. The second-order valence-electron chi connectivity index (χ2n) is 8.65. The van der Waals surface area contributed by atoms with Gasteiger partial charge in [-0.2, -0.15) is 0 Å². The van der Waals surface area contributed by atoms with Crippen LogP contribution in [0.4, 0.5) is 0 Å². The summed E-state index contributed by atoms with van der Waals surface area (Å²) in [6, 6.07) is 27.7. The molecule has 3 aromatic rings. The van der Waals surface area contributed by atoms with Crippen LogP contribution in [0.2, 0.25) is 0 Å². The quantitative estimate of drug-likeness (QED) is 0.389. The molecule has 1 aliphatic heterocycles. The van der Waals surface area contributed by atoms with E-state index in [0.717, 1.165) is 35.5 Å². The van der Waals surface area contributed by atoms with E-state index in [1.807, 2.05) is 66.8 Å². The molecule has 1 atom stereocenters. The van der Waals surface area contributed by atoms with Gasteiger partial charge in [-0.25, -0.2) is 13.1 Å². The number of hydrogen-bond acceptors (Lipinski definition) is 4. The van der Waals surface area contributed by atoms with Crippen LogP contribution >= 0.6 is 23.5 Å². The summed E-state index contributed by atoms with van der Waals surface area (Å²) in [6.45, 7) is 1.97. The predicted molar refractivity (Wildman–Crippen MR) is 142 cm³/mol. The first-order valence-corrected chi connectivity index (χ1v) is 14.8. The second kappa shape index (κ2) is 11.1. The highest BCUT2D eigenvalue weighted by Crippen LogP contribution is 2.48. The van der Waals surface area contributed by atoms with E-state index >= 15 is 0 Å². The number of rotatable bonds is 9. The van der Waals surface area contributed by atoms with E-state index in [0.29, 0.717) is 11.3 Å². The van der Waals surface area contributed by atoms with Crippen molar-refractivity contribution in [1.82, 2.24) is 4.72 Å². The van der Waals surface area contributed by atoms with Gasteiger partial charge in [0.15, 0.2) is 0 Å². The van der Waals surface area contributed by atoms with Crippen molar-refractivity contribution in [2.45, 2.75) is 47.6 Å². The van der Waals surface area contributed by atoms with Crippen molar-refractivity contribution in [2.24, 2.45) is 0 Å². The fraction of sp³-hybridized carbons (Fsp3) is 0.333. The van der Waals surface area contributed by atoms with Crippen LogP contribution in [-0.2, 0) is 22.9 Å². The van der Waals surface area contributed by atoms with E-state index in [1.54, 1.807) is 12.1 Å². The Morgan fingerprint density at radius 1 is 0.848 bits per heavy atom. The molecule has 0 spiro atoms. The summed E-state index contributed by atoms with van der Waals surface area (Å²) in [7, 11) is -3.62. The fourth-order valence-corrected chi connectivity index (χ4v) is 9.00. The van der Waals surface area contributed by atoms with E-state index < -0.39 is 10.0 Å². The number of thioether (sulfide) groups is 2. The van der Waals surface area contributed by atoms with Gasteiger partial charge in [0.2, 0.25) is 10.0 Å². The highest BCUT2D eigenvalue weighted by molar-refractivity contribution is 8.18. The van der Waals surface area contributed by atoms with Gasteiger partial charge in [-0.15, -0.1) is 23.5 Å². The molecule has 3 aromatic carbocycles. The zero-order valence-corrected chi connectivity index (χ0v) is 21.4. The molecular weight excluding hydrogens is 467 g/mol. The Bertz CT molecular complexity index is 1110. The third kappa shape index (κ3) is 6.89. The smallest absolute Gasteiger partial charge is 0.208 e. The molecule has 1 heterocycles. The molecule has 0 bridgehead atoms. The van der Waals surface area contributed by atoms with Crippen molar-refractivity contribution >= 4 is 33.5 Å². The molecule has 6 heteroatoms. The van der Waals surface area contributed by atoms with Gasteiger partial charge < -0.3 is 0 Å². The topological polar surface area (TPSA) is 46.2 Å². The molecule has 3 nitrogen and oxygen atoms in total. The van der Waals surface area contributed by atoms with E-state index in [4.69, 9.17) is 0 Å². The maximum atomic E-state index is 13.3. The highest BCUT2D eigenvalue weighted by Gasteiger charge is 2.37. The first-order chi connectivity index (χ1) is 15.9. The Morgan fingerprint density at radius 2 is 1.42 bits per heavy atom. The third-order valence-corrected chi connectivity index (χ3v) is 10.8. The summed E-state index contributed by atoms with van der Waals surface area (Å²) in [6.07, 6.45) is 3.58. The zero-order chi connectivity index (χ0) is 23.2. The molecule has 0 unspecified atom stereocenters. The summed E-state index contributed by atoms with van der Waals surface area (Å²) in [5.74, 6) is 2.23. The summed E-state index contributed by atoms with van der Waals surface area (Å²) in [4.78, 5) is 0.326. The molecular formula is C27H31NO2S3. The van der Waals surface area contributed by atoms with Crippen LogP contribution < -0.4 is 4.72 Å². The van der Waals surface area contributed by atoms with Crippen LogP contribution in [-0.4, -0.2) is 30.0 Å². The molecule has 0 amide bonds. The third-order valence-electron chi connectivity index (χ3n) is 5.87. The Balaban J connectivity index is 1.62. The lowest BCUT2D eigenvalue weighted by Crippen LogP contribution is -2.43. The first-order valence-electron chi connectivity index (χ1n) is 11.4. The van der Waals surface area contributed by atoms with Crippen LogP contribution in [0.1, 0.15) is 29.5 Å². The lowest BCUT2D eigenvalue weighted by Gasteiger charge is -2.39. The number of hydrogen-bond donors (Lipinski definition) is 1. The number of nitrogens with one attached hydrogen (secondary N) is 1. The Morgan fingerprint density at radius 3 is 2.03 bits per heavy atom. The standard InChI is InChI=1S/C27H31NO2S3/c1-22-13-15-26(16-14-22)33(29,30)28-25(19-23-9-4-2-5-10-23)21-27(31-17-8-18-32-27)20-24-11-6-3-7-12-24/h2-7,9-16,25,28H,8,17-21H2,1H3/t25-/m0/s1. The summed E-state index contributed by atoms with van der Waals surface area (Å²) >= 11 is 3.99. The van der Waals surface area contributed by atoms with Gasteiger partial charge in [0.05, 0.1) is 8.97 Å². The molecule has 4 rings (SSSR count). The van der Waals surface area contributed by atoms with Crippen molar-refractivity contribution in [2.75, 3.05) is 11.5 Å². The van der Waals surface area contributed by atoms with Crippen molar-refractivity contribution in [3.05, 3.63) is 102 Å². The normalized spacial score (nSPS) is 16.9. The Hall–Kier alpha value is -1.73. The van der Waals surface area contributed by atoms with Gasteiger partial charge in [0.1, 0.15) is 0 Å². The van der Waals surface area contributed by atoms with E-state index in [2.05, 4.69) is 41.1 Å². The van der Waals surface area contributed by atoms with E-state index in [1.165, 1.54) is 12.0 Å². The molecule has 0 aliphatic carbocycles. The van der Waals surface area contributed by atoms with Gasteiger partial charge in [0.25, 0.3) is 0 Å². The van der Waals surface area contributed by atoms with Crippen LogP contribution in [0.25, 0.3) is 0 Å². The molecule has 174 valence electrons. The molecule has 1 aliphatic rings. The summed E-state index contributed by atoms with van der Waals surface area (Å²) in [5.41, 5.74) is 3.50. The second-order valence-corrected chi connectivity index (χ2v) is 13.6. The van der Waals surface area contributed by atoms with Crippen molar-refractivity contribution in [3.63, 3.8) is 0 Å². The van der Waals surface area contributed by atoms with Crippen LogP contribution in [0.15, 0.2) is 89.8 Å². The molecule has 1 fully saturated rings. The van der Waals surface area contributed by atoms with Gasteiger partial charge >= 0.3 is 0 Å². The van der Waals surface area contributed by atoms with Gasteiger partial charge in [0, 0.05) is 6.04 Å². The van der Waals surface area contributed by atoms with Crippen molar-refractivity contribution < 1.29 is 8.42 Å². The van der Waals surface area contributed by atoms with Crippen LogP contribution in [0.3, 0.4) is 0 Å². The predicted octanol–water partition coefficient (Wildman–Crippen LogP) is 6.08. The molecule has 0 saturated carbocycles.